The molecule has 1 saturated carbocycles. The zero-order chi connectivity index (χ0) is 17.0. The van der Waals surface area contributed by atoms with Crippen LogP contribution in [0.3, 0.4) is 0 Å². The summed E-state index contributed by atoms with van der Waals surface area (Å²) in [5, 5.41) is 0. The molecule has 0 unspecified atom stereocenters. The fraction of sp³-hybridized carbons (Fsp3) is 0.579. The highest BCUT2D eigenvalue weighted by molar-refractivity contribution is 5.93. The Kier molecular flexibility index (Phi) is 5.19. The highest BCUT2D eigenvalue weighted by Gasteiger charge is 2.52. The second kappa shape index (κ2) is 7.34. The van der Waals surface area contributed by atoms with Crippen LogP contribution >= 0.6 is 0 Å². The lowest BCUT2D eigenvalue weighted by molar-refractivity contribution is -0.147. The minimum Gasteiger partial charge on any atom is -0.465 e. The largest absolute Gasteiger partial charge is 0.465 e. The molecule has 1 aromatic carbocycles. The number of primary amides is 1. The van der Waals surface area contributed by atoms with E-state index < -0.39 is 11.3 Å². The summed E-state index contributed by atoms with van der Waals surface area (Å²) >= 11 is 0. The van der Waals surface area contributed by atoms with Gasteiger partial charge in [-0.05, 0) is 62.1 Å². The summed E-state index contributed by atoms with van der Waals surface area (Å²) in [7, 11) is 0. The number of carbonyl (C=O) groups is 2. The Morgan fingerprint density at radius 2 is 1.83 bits per heavy atom. The highest BCUT2D eigenvalue weighted by atomic mass is 16.5. The number of hydrogen-bond donors (Lipinski definition) is 1. The van der Waals surface area contributed by atoms with Crippen LogP contribution in [-0.4, -0.2) is 31.7 Å². The molecule has 0 atom stereocenters. The molecule has 2 N–H and O–H groups in total. The molecule has 130 valence electrons. The molecule has 24 heavy (non-hydrogen) atoms. The van der Waals surface area contributed by atoms with Gasteiger partial charge in [0, 0.05) is 18.8 Å². The number of amides is 1. The van der Waals surface area contributed by atoms with E-state index in [2.05, 4.69) is 0 Å². The van der Waals surface area contributed by atoms with Crippen LogP contribution < -0.4 is 5.73 Å². The molecule has 1 heterocycles. The first-order valence-corrected chi connectivity index (χ1v) is 8.77. The van der Waals surface area contributed by atoms with E-state index in [0.29, 0.717) is 18.1 Å². The van der Waals surface area contributed by atoms with Crippen LogP contribution in [0, 0.1) is 5.92 Å². The molecule has 5 heteroatoms. The van der Waals surface area contributed by atoms with E-state index in [4.69, 9.17) is 15.2 Å². The van der Waals surface area contributed by atoms with Gasteiger partial charge in [-0.25, -0.2) is 0 Å². The third-order valence-corrected chi connectivity index (χ3v) is 5.19. The van der Waals surface area contributed by atoms with Crippen molar-refractivity contribution in [2.24, 2.45) is 11.7 Å². The number of hydrogen-bond acceptors (Lipinski definition) is 4. The maximum absolute atomic E-state index is 12.5. The quantitative estimate of drug-likeness (QED) is 0.615. The second-order valence-electron chi connectivity index (χ2n) is 6.86. The fourth-order valence-electron chi connectivity index (χ4n) is 3.40. The van der Waals surface area contributed by atoms with Crippen LogP contribution in [0.1, 0.15) is 54.4 Å². The molecule has 5 nitrogen and oxygen atoms in total. The number of nitrogens with two attached hydrogens (primary N) is 1. The molecule has 0 radical (unpaired) electrons. The molecule has 2 aliphatic rings. The minimum atomic E-state index is -0.505. The lowest BCUT2D eigenvalue weighted by atomic mass is 9.94. The van der Waals surface area contributed by atoms with Gasteiger partial charge in [-0.3, -0.25) is 9.59 Å². The molecule has 2 fully saturated rings. The lowest BCUT2D eigenvalue weighted by Crippen LogP contribution is -2.24. The predicted octanol–water partition coefficient (Wildman–Crippen LogP) is 2.57. The van der Waals surface area contributed by atoms with Crippen molar-refractivity contribution in [3.63, 3.8) is 0 Å². The Labute approximate surface area is 142 Å². The third-order valence-electron chi connectivity index (χ3n) is 5.19. The smallest absolute Gasteiger partial charge is 0.316 e. The predicted molar refractivity (Wildman–Crippen MR) is 89.6 cm³/mol. The molecule has 0 spiro atoms. The van der Waals surface area contributed by atoms with Crippen LogP contribution in [0.4, 0.5) is 0 Å². The van der Waals surface area contributed by atoms with Gasteiger partial charge < -0.3 is 15.2 Å². The summed E-state index contributed by atoms with van der Waals surface area (Å²) in [6.07, 6.45) is 5.85. The van der Waals surface area contributed by atoms with Gasteiger partial charge in [0.1, 0.15) is 0 Å². The standard InChI is InChI=1S/C19H25NO4/c20-17(21)15-3-5-16(6-4-15)19(9-10-19)18(22)24-11-1-2-14-7-12-23-13-8-14/h3-6,14H,1-2,7-13H2,(H2,20,21). The fourth-order valence-corrected chi connectivity index (χ4v) is 3.40. The molecule has 3 rings (SSSR count). The number of rotatable bonds is 7. The van der Waals surface area contributed by atoms with E-state index in [1.807, 2.05) is 12.1 Å². The van der Waals surface area contributed by atoms with E-state index >= 15 is 0 Å². The van der Waals surface area contributed by atoms with Gasteiger partial charge in [-0.1, -0.05) is 12.1 Å². The highest BCUT2D eigenvalue weighted by Crippen LogP contribution is 2.49. The van der Waals surface area contributed by atoms with Crippen molar-refractivity contribution in [3.05, 3.63) is 35.4 Å². The molecular formula is C19H25NO4. The van der Waals surface area contributed by atoms with Crippen LogP contribution in [-0.2, 0) is 19.7 Å². The average Bonchev–Trinajstić information content (AvgIpc) is 3.41. The summed E-state index contributed by atoms with van der Waals surface area (Å²) in [4.78, 5) is 23.6. The first kappa shape index (κ1) is 17.0. The monoisotopic (exact) mass is 331 g/mol. The Morgan fingerprint density at radius 1 is 1.17 bits per heavy atom. The maximum Gasteiger partial charge on any atom is 0.316 e. The van der Waals surface area contributed by atoms with E-state index in [-0.39, 0.29) is 5.97 Å². The van der Waals surface area contributed by atoms with E-state index in [0.717, 1.165) is 57.3 Å². The van der Waals surface area contributed by atoms with Gasteiger partial charge in [-0.2, -0.15) is 0 Å². The van der Waals surface area contributed by atoms with Gasteiger partial charge in [0.15, 0.2) is 0 Å². The Hall–Kier alpha value is -1.88. The number of benzene rings is 1. The molecule has 1 amide bonds. The Balaban J connectivity index is 1.48. The Bertz CT molecular complexity index is 586. The van der Waals surface area contributed by atoms with Crippen molar-refractivity contribution < 1.29 is 19.1 Å². The van der Waals surface area contributed by atoms with Crippen LogP contribution in [0.2, 0.25) is 0 Å². The first-order chi connectivity index (χ1) is 11.6. The molecule has 1 saturated heterocycles. The van der Waals surface area contributed by atoms with Crippen LogP contribution in [0.5, 0.6) is 0 Å². The third kappa shape index (κ3) is 3.78. The van der Waals surface area contributed by atoms with E-state index in [1.165, 1.54) is 0 Å². The average molecular weight is 331 g/mol. The summed E-state index contributed by atoms with van der Waals surface area (Å²) in [6, 6.07) is 6.99. The zero-order valence-electron chi connectivity index (χ0n) is 14.0. The van der Waals surface area contributed by atoms with Gasteiger partial charge >= 0.3 is 5.97 Å². The SMILES string of the molecule is NC(=O)c1ccc(C2(C(=O)OCCCC3CCOCC3)CC2)cc1. The topological polar surface area (TPSA) is 78.6 Å². The second-order valence-corrected chi connectivity index (χ2v) is 6.86. The molecule has 1 aliphatic heterocycles. The van der Waals surface area contributed by atoms with Gasteiger partial charge in [0.2, 0.25) is 5.91 Å². The number of carbonyl (C=O) groups excluding carboxylic acids is 2. The van der Waals surface area contributed by atoms with Crippen molar-refractivity contribution in [2.45, 2.75) is 43.9 Å². The first-order valence-electron chi connectivity index (χ1n) is 8.77. The van der Waals surface area contributed by atoms with Crippen molar-refractivity contribution in [3.8, 4) is 0 Å². The molecule has 1 aromatic rings. The van der Waals surface area contributed by atoms with Gasteiger partial charge in [0.25, 0.3) is 0 Å². The maximum atomic E-state index is 12.5. The number of esters is 1. The minimum absolute atomic E-state index is 0.138. The molecule has 0 aromatic heterocycles. The van der Waals surface area contributed by atoms with Crippen LogP contribution in [0.15, 0.2) is 24.3 Å². The van der Waals surface area contributed by atoms with Gasteiger partial charge in [0.05, 0.1) is 12.0 Å². The summed E-state index contributed by atoms with van der Waals surface area (Å²) < 4.78 is 10.9. The molecular weight excluding hydrogens is 306 g/mol. The summed E-state index contributed by atoms with van der Waals surface area (Å²) in [5.41, 5.74) is 6.12. The number of ether oxygens (including phenoxy) is 2. The van der Waals surface area contributed by atoms with E-state index in [1.54, 1.807) is 12.1 Å². The van der Waals surface area contributed by atoms with Crippen molar-refractivity contribution >= 4 is 11.9 Å². The summed E-state index contributed by atoms with van der Waals surface area (Å²) in [6.45, 7) is 2.20. The normalized spacial score (nSPS) is 19.7. The lowest BCUT2D eigenvalue weighted by Gasteiger charge is -2.22. The molecule has 1 aliphatic carbocycles. The van der Waals surface area contributed by atoms with Crippen molar-refractivity contribution in [2.75, 3.05) is 19.8 Å². The van der Waals surface area contributed by atoms with Crippen molar-refractivity contribution in [1.29, 1.82) is 0 Å². The van der Waals surface area contributed by atoms with Crippen molar-refractivity contribution in [1.82, 2.24) is 0 Å². The van der Waals surface area contributed by atoms with Crippen LogP contribution in [0.25, 0.3) is 0 Å². The summed E-state index contributed by atoms with van der Waals surface area (Å²) in [5.74, 6) is 0.108. The zero-order valence-corrected chi connectivity index (χ0v) is 14.0. The van der Waals surface area contributed by atoms with Gasteiger partial charge in [-0.15, -0.1) is 0 Å². The molecule has 0 bridgehead atoms. The Morgan fingerprint density at radius 3 is 2.42 bits per heavy atom. The van der Waals surface area contributed by atoms with E-state index in [9.17, 15) is 9.59 Å².